The predicted molar refractivity (Wildman–Crippen MR) is 411 cm³/mol. The zero-order valence-electron chi connectivity index (χ0n) is 65.1. The average molecular weight is 1470 g/mol. The number of unbranched alkanes of at least 4 members (excludes halogenated alkanes) is 49. The van der Waals surface area contributed by atoms with Crippen molar-refractivity contribution in [2.24, 2.45) is 0 Å². The summed E-state index contributed by atoms with van der Waals surface area (Å²) in [5.74, 6) is -0.282. The maximum atomic E-state index is 13.5. The molecule has 0 radical (unpaired) electrons. The van der Waals surface area contributed by atoms with E-state index in [0.29, 0.717) is 12.8 Å². The van der Waals surface area contributed by atoms with Crippen LogP contribution in [0.15, 0.2) is 36.5 Å². The Morgan fingerprint density at radius 3 is 0.971 bits per heavy atom. The lowest BCUT2D eigenvalue weighted by Gasteiger charge is -2.48. The zero-order valence-corrected chi connectivity index (χ0v) is 65.1. The highest BCUT2D eigenvalue weighted by molar-refractivity contribution is 5.76. The number of nitrogens with one attached hydrogen (secondary N) is 1. The van der Waals surface area contributed by atoms with Crippen molar-refractivity contribution in [3.05, 3.63) is 36.5 Å². The fourth-order valence-corrected chi connectivity index (χ4v) is 14.6. The number of amides is 1. The first kappa shape index (κ1) is 95.2. The second-order valence-corrected chi connectivity index (χ2v) is 30.6. The first-order valence-electron chi connectivity index (χ1n) is 42.7. The van der Waals surface area contributed by atoms with Gasteiger partial charge in [-0.2, -0.15) is 0 Å². The van der Waals surface area contributed by atoms with Gasteiger partial charge in [0.05, 0.1) is 38.6 Å². The maximum absolute atomic E-state index is 13.5. The molecule has 3 heterocycles. The normalized spacial score (nSPS) is 26.2. The summed E-state index contributed by atoms with van der Waals surface area (Å²) in [6, 6.07) is -0.996. The van der Waals surface area contributed by atoms with Crippen molar-refractivity contribution < 1.29 is 89.4 Å². The summed E-state index contributed by atoms with van der Waals surface area (Å²) in [5.41, 5.74) is 0. The van der Waals surface area contributed by atoms with Crippen LogP contribution in [0.5, 0.6) is 0 Å². The summed E-state index contributed by atoms with van der Waals surface area (Å²) in [7, 11) is 0. The molecular formula is C84H157NO18. The fourth-order valence-electron chi connectivity index (χ4n) is 14.6. The molecule has 0 aromatic rings. The third-order valence-corrected chi connectivity index (χ3v) is 21.4. The van der Waals surface area contributed by atoms with E-state index in [9.17, 15) is 61.0 Å². The molecule has 606 valence electrons. The molecule has 0 bridgehead atoms. The molecule has 3 saturated heterocycles. The minimum absolute atomic E-state index is 0.236. The Labute approximate surface area is 625 Å². The van der Waals surface area contributed by atoms with Gasteiger partial charge in [-0.25, -0.2) is 0 Å². The lowest BCUT2D eigenvalue weighted by molar-refractivity contribution is -0.379. The largest absolute Gasteiger partial charge is 0.394 e. The maximum Gasteiger partial charge on any atom is 0.220 e. The van der Waals surface area contributed by atoms with Crippen LogP contribution in [0.4, 0.5) is 0 Å². The van der Waals surface area contributed by atoms with Crippen LogP contribution in [0, 0.1) is 0 Å². The second kappa shape index (κ2) is 64.8. The number of carbonyl (C=O) groups excluding carboxylic acids is 1. The van der Waals surface area contributed by atoms with Crippen LogP contribution in [0.3, 0.4) is 0 Å². The fraction of sp³-hybridized carbons (Fsp3) is 0.917. The SMILES string of the molecule is CCCCCCCCCCCCCC/C=C/CC/C=C/CC/C=C/C(O)C(COC1OC(CO)C(OC2OC(CO)C(OC3OC(CO)C(O)C(O)C3O)C(O)C2O)C(O)C1O)NC(=O)CCCCCCCCCCCCCCCCCCCCCCCCCCCCCCCCCCCCCC. The minimum Gasteiger partial charge on any atom is -0.394 e. The number of aliphatic hydroxyl groups is 11. The van der Waals surface area contributed by atoms with Crippen molar-refractivity contribution in [2.45, 2.75) is 465 Å². The van der Waals surface area contributed by atoms with E-state index in [0.717, 1.165) is 44.9 Å². The standard InChI is InChI=1S/C84H157NO18/c1-3-5-7-9-11-13-15-17-19-21-23-25-27-28-29-30-31-32-33-34-35-36-37-38-39-40-42-44-46-48-50-52-54-56-58-60-62-72(90)85-67(68(89)61-59-57-55-53-51-49-47-45-43-41-26-24-22-20-18-16-14-12-10-8-6-4-2)66-98-82-78(96)75(93)80(70(64-87)100-82)103-84-79(97)76(94)81(71(65-88)101-84)102-83-77(95)74(92)73(91)69(63-86)99-83/h43,45,51,53,59,61,67-71,73-84,86-89,91-97H,3-42,44,46-50,52,54-58,60,62-66H2,1-2H3,(H,85,90)/b45-43+,53-51+,61-59+. The molecule has 19 heteroatoms. The van der Waals surface area contributed by atoms with Crippen LogP contribution in [0.25, 0.3) is 0 Å². The van der Waals surface area contributed by atoms with Crippen molar-refractivity contribution in [1.82, 2.24) is 5.32 Å². The molecule has 17 atom stereocenters. The Balaban J connectivity index is 1.33. The lowest BCUT2D eigenvalue weighted by Crippen LogP contribution is -2.66. The van der Waals surface area contributed by atoms with Gasteiger partial charge in [0.1, 0.15) is 73.2 Å². The van der Waals surface area contributed by atoms with Gasteiger partial charge < -0.3 is 89.9 Å². The van der Waals surface area contributed by atoms with Crippen molar-refractivity contribution >= 4 is 5.91 Å². The zero-order chi connectivity index (χ0) is 74.6. The number of hydrogen-bond acceptors (Lipinski definition) is 18. The van der Waals surface area contributed by atoms with Crippen LogP contribution in [0.1, 0.15) is 361 Å². The average Bonchev–Trinajstić information content (AvgIpc) is 0.782. The monoisotopic (exact) mass is 1470 g/mol. The Morgan fingerprint density at radius 1 is 0.340 bits per heavy atom. The molecule has 17 unspecified atom stereocenters. The van der Waals surface area contributed by atoms with Crippen molar-refractivity contribution in [3.8, 4) is 0 Å². The van der Waals surface area contributed by atoms with Crippen molar-refractivity contribution in [1.29, 1.82) is 0 Å². The third-order valence-electron chi connectivity index (χ3n) is 21.4. The second-order valence-electron chi connectivity index (χ2n) is 30.6. The molecule has 19 nitrogen and oxygen atoms in total. The molecule has 0 aromatic heterocycles. The van der Waals surface area contributed by atoms with Crippen LogP contribution >= 0.6 is 0 Å². The van der Waals surface area contributed by atoms with E-state index in [-0.39, 0.29) is 18.9 Å². The Morgan fingerprint density at radius 2 is 0.621 bits per heavy atom. The summed E-state index contributed by atoms with van der Waals surface area (Å²) in [6.45, 7) is 1.77. The number of allylic oxidation sites excluding steroid dienone is 5. The number of aliphatic hydroxyl groups excluding tert-OH is 11. The van der Waals surface area contributed by atoms with E-state index >= 15 is 0 Å². The highest BCUT2D eigenvalue weighted by Crippen LogP contribution is 2.33. The van der Waals surface area contributed by atoms with E-state index in [1.807, 2.05) is 6.08 Å². The molecule has 3 fully saturated rings. The highest BCUT2D eigenvalue weighted by Gasteiger charge is 2.54. The minimum atomic E-state index is -1.98. The smallest absolute Gasteiger partial charge is 0.220 e. The molecule has 1 amide bonds. The van der Waals surface area contributed by atoms with E-state index < -0.39 is 124 Å². The summed E-state index contributed by atoms with van der Waals surface area (Å²) >= 11 is 0. The van der Waals surface area contributed by atoms with E-state index in [1.54, 1.807) is 6.08 Å². The van der Waals surface area contributed by atoms with Crippen LogP contribution in [-0.4, -0.2) is 193 Å². The van der Waals surface area contributed by atoms with Gasteiger partial charge in [0, 0.05) is 6.42 Å². The molecule has 0 saturated carbocycles. The summed E-state index contributed by atoms with van der Waals surface area (Å²) in [4.78, 5) is 13.5. The third kappa shape index (κ3) is 44.5. The molecule has 0 aromatic carbocycles. The Kier molecular flexibility index (Phi) is 59.9. The first-order valence-corrected chi connectivity index (χ1v) is 42.7. The molecule has 103 heavy (non-hydrogen) atoms. The first-order chi connectivity index (χ1) is 50.3. The molecule has 3 aliphatic rings. The van der Waals surface area contributed by atoms with E-state index in [1.165, 1.54) is 283 Å². The Bertz CT molecular complexity index is 2000. The highest BCUT2D eigenvalue weighted by atomic mass is 16.8. The summed E-state index contributed by atoms with van der Waals surface area (Å²) in [5, 5.41) is 121. The van der Waals surface area contributed by atoms with Gasteiger partial charge >= 0.3 is 0 Å². The Hall–Kier alpha value is -1.99. The van der Waals surface area contributed by atoms with Gasteiger partial charge in [-0.05, 0) is 44.9 Å². The van der Waals surface area contributed by atoms with Crippen LogP contribution in [0.2, 0.25) is 0 Å². The molecule has 3 rings (SSSR count). The molecule has 0 aliphatic carbocycles. The van der Waals surface area contributed by atoms with Crippen LogP contribution < -0.4 is 5.32 Å². The summed E-state index contributed by atoms with van der Waals surface area (Å²) < 4.78 is 34.4. The van der Waals surface area contributed by atoms with Crippen LogP contribution in [-0.2, 0) is 33.2 Å². The van der Waals surface area contributed by atoms with E-state index in [4.69, 9.17) is 28.4 Å². The number of carbonyl (C=O) groups is 1. The number of hydrogen-bond donors (Lipinski definition) is 12. The van der Waals surface area contributed by atoms with Gasteiger partial charge in [0.2, 0.25) is 5.91 Å². The van der Waals surface area contributed by atoms with Gasteiger partial charge in [-0.1, -0.05) is 346 Å². The molecule has 12 N–H and O–H groups in total. The lowest BCUT2D eigenvalue weighted by atomic mass is 9.96. The molecular weight excluding hydrogens is 1310 g/mol. The molecule has 0 spiro atoms. The van der Waals surface area contributed by atoms with Gasteiger partial charge in [0.25, 0.3) is 0 Å². The van der Waals surface area contributed by atoms with E-state index in [2.05, 4.69) is 43.5 Å². The number of ether oxygens (including phenoxy) is 6. The summed E-state index contributed by atoms with van der Waals surface area (Å²) in [6.07, 6.45) is 54.5. The topological polar surface area (TPSA) is 307 Å². The van der Waals surface area contributed by atoms with Crippen molar-refractivity contribution in [2.75, 3.05) is 26.4 Å². The van der Waals surface area contributed by atoms with Gasteiger partial charge in [-0.15, -0.1) is 0 Å². The quantitative estimate of drug-likeness (QED) is 0.0199. The van der Waals surface area contributed by atoms with Crippen molar-refractivity contribution in [3.63, 3.8) is 0 Å². The van der Waals surface area contributed by atoms with Gasteiger partial charge in [-0.3, -0.25) is 4.79 Å². The number of rotatable bonds is 69. The predicted octanol–water partition coefficient (Wildman–Crippen LogP) is 15.1. The van der Waals surface area contributed by atoms with Gasteiger partial charge in [0.15, 0.2) is 18.9 Å². The molecule has 3 aliphatic heterocycles.